The van der Waals surface area contributed by atoms with Crippen molar-refractivity contribution < 1.29 is 9.90 Å². The van der Waals surface area contributed by atoms with Crippen molar-refractivity contribution in [1.82, 2.24) is 15.5 Å². The van der Waals surface area contributed by atoms with E-state index >= 15 is 0 Å². The first kappa shape index (κ1) is 15.9. The van der Waals surface area contributed by atoms with Crippen molar-refractivity contribution in [3.8, 4) is 0 Å². The van der Waals surface area contributed by atoms with Crippen LogP contribution in [0, 0.1) is 5.92 Å². The lowest BCUT2D eigenvalue weighted by atomic mass is 9.76. The molecule has 1 aliphatic carbocycles. The second-order valence-electron chi connectivity index (χ2n) is 5.86. The van der Waals surface area contributed by atoms with Crippen LogP contribution >= 0.6 is 11.3 Å². The quantitative estimate of drug-likeness (QED) is 0.744. The fourth-order valence-corrected chi connectivity index (χ4v) is 3.66. The standard InChI is InChI=1S/C16H19N3O3S/c20-12-8-10(9-12)16(13-2-1-7-23-13)17-14(21)5-3-11-4-6-15(22)19-18-11/h1-2,4,6-7,10,12,16,20H,3,5,8-9H2,(H,17,21)(H,19,22). The number of aryl methyl sites for hydroxylation is 1. The van der Waals surface area contributed by atoms with Gasteiger partial charge in [-0.3, -0.25) is 9.59 Å². The molecule has 23 heavy (non-hydrogen) atoms. The number of nitrogens with one attached hydrogen (secondary N) is 2. The van der Waals surface area contributed by atoms with Gasteiger partial charge in [0.15, 0.2) is 0 Å². The van der Waals surface area contributed by atoms with Crippen LogP contribution in [0.4, 0.5) is 0 Å². The van der Waals surface area contributed by atoms with E-state index in [1.165, 1.54) is 6.07 Å². The maximum atomic E-state index is 12.2. The monoisotopic (exact) mass is 333 g/mol. The third-order valence-electron chi connectivity index (χ3n) is 4.13. The number of amides is 1. The van der Waals surface area contributed by atoms with Crippen molar-refractivity contribution in [3.63, 3.8) is 0 Å². The predicted octanol–water partition coefficient (Wildman–Crippen LogP) is 1.39. The van der Waals surface area contributed by atoms with E-state index in [4.69, 9.17) is 0 Å². The number of aliphatic hydroxyl groups is 1. The van der Waals surface area contributed by atoms with Gasteiger partial charge in [0.05, 0.1) is 17.8 Å². The minimum Gasteiger partial charge on any atom is -0.393 e. The summed E-state index contributed by atoms with van der Waals surface area (Å²) < 4.78 is 0. The number of aromatic nitrogens is 2. The van der Waals surface area contributed by atoms with Gasteiger partial charge < -0.3 is 10.4 Å². The van der Waals surface area contributed by atoms with Gasteiger partial charge in [-0.2, -0.15) is 5.10 Å². The summed E-state index contributed by atoms with van der Waals surface area (Å²) >= 11 is 1.62. The van der Waals surface area contributed by atoms with Gasteiger partial charge in [-0.25, -0.2) is 5.10 Å². The fraction of sp³-hybridized carbons (Fsp3) is 0.438. The normalized spacial score (nSPS) is 21.4. The van der Waals surface area contributed by atoms with Gasteiger partial charge in [0.2, 0.25) is 5.91 Å². The van der Waals surface area contributed by atoms with Crippen molar-refractivity contribution in [2.75, 3.05) is 0 Å². The van der Waals surface area contributed by atoms with Crippen LogP contribution in [0.1, 0.15) is 35.9 Å². The van der Waals surface area contributed by atoms with E-state index in [9.17, 15) is 14.7 Å². The Labute approximate surface area is 137 Å². The summed E-state index contributed by atoms with van der Waals surface area (Å²) in [5, 5.41) is 20.9. The van der Waals surface area contributed by atoms with Crippen LogP contribution in [0.25, 0.3) is 0 Å². The number of hydrogen-bond donors (Lipinski definition) is 3. The Kier molecular flexibility index (Phi) is 4.88. The molecule has 2 aromatic heterocycles. The molecule has 7 heteroatoms. The fourth-order valence-electron chi connectivity index (χ4n) is 2.79. The molecule has 1 atom stereocenters. The van der Waals surface area contributed by atoms with Gasteiger partial charge in [0, 0.05) is 23.8 Å². The molecule has 6 nitrogen and oxygen atoms in total. The van der Waals surface area contributed by atoms with Crippen LogP contribution in [0.2, 0.25) is 0 Å². The molecule has 3 N–H and O–H groups in total. The average molecular weight is 333 g/mol. The molecule has 122 valence electrons. The second-order valence-corrected chi connectivity index (χ2v) is 6.84. The zero-order chi connectivity index (χ0) is 16.2. The van der Waals surface area contributed by atoms with E-state index in [0.717, 1.165) is 17.7 Å². The van der Waals surface area contributed by atoms with Crippen LogP contribution in [0.5, 0.6) is 0 Å². The van der Waals surface area contributed by atoms with Crippen molar-refractivity contribution in [1.29, 1.82) is 0 Å². The summed E-state index contributed by atoms with van der Waals surface area (Å²) in [5.74, 6) is 0.247. The maximum Gasteiger partial charge on any atom is 0.264 e. The lowest BCUT2D eigenvalue weighted by Gasteiger charge is -2.37. The van der Waals surface area contributed by atoms with Crippen molar-refractivity contribution in [2.24, 2.45) is 5.92 Å². The summed E-state index contributed by atoms with van der Waals surface area (Å²) in [6, 6.07) is 6.99. The molecule has 2 aromatic rings. The summed E-state index contributed by atoms with van der Waals surface area (Å²) in [7, 11) is 0. The molecule has 0 aromatic carbocycles. The lowest BCUT2D eigenvalue weighted by molar-refractivity contribution is -0.123. The van der Waals surface area contributed by atoms with E-state index in [1.54, 1.807) is 17.4 Å². The molecule has 2 heterocycles. The van der Waals surface area contributed by atoms with Crippen LogP contribution in [0.15, 0.2) is 34.4 Å². The van der Waals surface area contributed by atoms with E-state index < -0.39 is 0 Å². The molecule has 0 bridgehead atoms. The molecule has 1 amide bonds. The molecule has 1 fully saturated rings. The number of thiophene rings is 1. The zero-order valence-corrected chi connectivity index (χ0v) is 13.4. The van der Waals surface area contributed by atoms with Crippen LogP contribution in [-0.4, -0.2) is 27.3 Å². The van der Waals surface area contributed by atoms with E-state index in [0.29, 0.717) is 24.5 Å². The number of nitrogens with zero attached hydrogens (tertiary/aromatic N) is 1. The van der Waals surface area contributed by atoms with Crippen LogP contribution in [0.3, 0.4) is 0 Å². The predicted molar refractivity (Wildman–Crippen MR) is 87.1 cm³/mol. The number of hydrogen-bond acceptors (Lipinski definition) is 5. The molecule has 3 rings (SSSR count). The Morgan fingerprint density at radius 1 is 1.43 bits per heavy atom. The first-order valence-corrected chi connectivity index (χ1v) is 8.55. The molecule has 1 unspecified atom stereocenters. The number of aliphatic hydroxyl groups excluding tert-OH is 1. The third-order valence-corrected chi connectivity index (χ3v) is 5.09. The third kappa shape index (κ3) is 4.05. The van der Waals surface area contributed by atoms with Crippen LogP contribution < -0.4 is 10.9 Å². The first-order valence-electron chi connectivity index (χ1n) is 7.67. The molecule has 1 saturated carbocycles. The maximum absolute atomic E-state index is 12.2. The van der Waals surface area contributed by atoms with E-state index in [-0.39, 0.29) is 23.6 Å². The first-order chi connectivity index (χ1) is 11.1. The Bertz CT molecular complexity index is 687. The average Bonchev–Trinajstić information content (AvgIpc) is 3.03. The van der Waals surface area contributed by atoms with Gasteiger partial charge >= 0.3 is 0 Å². The summed E-state index contributed by atoms with van der Waals surface area (Å²) in [4.78, 5) is 24.3. The van der Waals surface area contributed by atoms with Gasteiger partial charge in [-0.15, -0.1) is 11.3 Å². The largest absolute Gasteiger partial charge is 0.393 e. The Hall–Kier alpha value is -1.99. The number of carbonyl (C=O) groups excluding carboxylic acids is 1. The van der Waals surface area contributed by atoms with Crippen molar-refractivity contribution in [3.05, 3.63) is 50.6 Å². The number of rotatable bonds is 6. The highest BCUT2D eigenvalue weighted by molar-refractivity contribution is 7.10. The van der Waals surface area contributed by atoms with Crippen LogP contribution in [-0.2, 0) is 11.2 Å². The summed E-state index contributed by atoms with van der Waals surface area (Å²) in [6.45, 7) is 0. The van der Waals surface area contributed by atoms with Crippen molar-refractivity contribution >= 4 is 17.2 Å². The van der Waals surface area contributed by atoms with Gasteiger partial charge in [-0.1, -0.05) is 6.07 Å². The number of H-pyrrole nitrogens is 1. The Morgan fingerprint density at radius 2 is 2.26 bits per heavy atom. The highest BCUT2D eigenvalue weighted by Gasteiger charge is 2.36. The molecule has 0 aliphatic heterocycles. The topological polar surface area (TPSA) is 95.1 Å². The summed E-state index contributed by atoms with van der Waals surface area (Å²) in [5.41, 5.74) is 0.436. The molecular weight excluding hydrogens is 314 g/mol. The SMILES string of the molecule is O=C(CCc1ccc(=O)[nH]n1)NC(c1cccs1)C1CC(O)C1. The van der Waals surface area contributed by atoms with E-state index in [1.807, 2.05) is 17.5 Å². The molecule has 0 saturated heterocycles. The minimum atomic E-state index is -0.250. The molecule has 0 spiro atoms. The van der Waals surface area contributed by atoms with Gasteiger partial charge in [-0.05, 0) is 36.3 Å². The van der Waals surface area contributed by atoms with Crippen molar-refractivity contribution in [2.45, 2.75) is 37.8 Å². The molecule has 0 radical (unpaired) electrons. The molecular formula is C16H19N3O3S. The van der Waals surface area contributed by atoms with Gasteiger partial charge in [0.1, 0.15) is 0 Å². The zero-order valence-electron chi connectivity index (χ0n) is 12.6. The second kappa shape index (κ2) is 7.06. The number of carbonyl (C=O) groups is 1. The van der Waals surface area contributed by atoms with E-state index in [2.05, 4.69) is 15.5 Å². The molecule has 1 aliphatic rings. The lowest BCUT2D eigenvalue weighted by Crippen LogP contribution is -2.41. The Balaban J connectivity index is 1.57. The highest BCUT2D eigenvalue weighted by atomic mass is 32.1. The minimum absolute atomic E-state index is 0.0329. The number of aromatic amines is 1. The van der Waals surface area contributed by atoms with Gasteiger partial charge in [0.25, 0.3) is 5.56 Å². The Morgan fingerprint density at radius 3 is 2.87 bits per heavy atom. The smallest absolute Gasteiger partial charge is 0.264 e. The summed E-state index contributed by atoms with van der Waals surface area (Å²) in [6.07, 6.45) is 2.00. The highest BCUT2D eigenvalue weighted by Crippen LogP contribution is 2.39.